The predicted octanol–water partition coefficient (Wildman–Crippen LogP) is 1.65. The second-order valence-corrected chi connectivity index (χ2v) is 5.80. The van der Waals surface area contributed by atoms with Crippen molar-refractivity contribution in [2.45, 2.75) is 51.0 Å². The van der Waals surface area contributed by atoms with Crippen molar-refractivity contribution in [2.24, 2.45) is 5.73 Å². The van der Waals surface area contributed by atoms with Crippen molar-refractivity contribution in [2.75, 3.05) is 32.7 Å². The predicted molar refractivity (Wildman–Crippen MR) is 76.0 cm³/mol. The maximum Gasteiger partial charge on any atom is 0.0905 e. The number of nitrogens with zero attached hydrogens (tertiary/aromatic N) is 2. The average Bonchev–Trinajstić information content (AvgIpc) is 2.89. The van der Waals surface area contributed by atoms with Gasteiger partial charge >= 0.3 is 0 Å². The van der Waals surface area contributed by atoms with E-state index in [4.69, 9.17) is 11.1 Å². The van der Waals surface area contributed by atoms with Gasteiger partial charge < -0.3 is 10.6 Å². The van der Waals surface area contributed by atoms with Gasteiger partial charge in [-0.3, -0.25) is 10.3 Å². The van der Waals surface area contributed by atoms with Crippen LogP contribution in [0.2, 0.25) is 0 Å². The largest absolute Gasteiger partial charge is 0.388 e. The van der Waals surface area contributed by atoms with Crippen LogP contribution in [0.15, 0.2) is 0 Å². The Labute approximate surface area is 111 Å². The summed E-state index contributed by atoms with van der Waals surface area (Å²) in [6, 6.07) is 0.893. The Balaban J connectivity index is 1.57. The van der Waals surface area contributed by atoms with Crippen molar-refractivity contribution < 1.29 is 0 Å². The zero-order chi connectivity index (χ0) is 12.8. The highest BCUT2D eigenvalue weighted by molar-refractivity contribution is 5.76. The first-order valence-corrected chi connectivity index (χ1v) is 7.55. The van der Waals surface area contributed by atoms with Crippen molar-refractivity contribution in [3.8, 4) is 0 Å². The van der Waals surface area contributed by atoms with E-state index in [1.807, 2.05) is 0 Å². The molecule has 0 unspecified atom stereocenters. The summed E-state index contributed by atoms with van der Waals surface area (Å²) in [6.07, 6.45) is 8.76. The van der Waals surface area contributed by atoms with Gasteiger partial charge in [-0.1, -0.05) is 12.8 Å². The Bertz CT molecular complexity index is 253. The highest BCUT2D eigenvalue weighted by Crippen LogP contribution is 2.24. The smallest absolute Gasteiger partial charge is 0.0905 e. The minimum Gasteiger partial charge on any atom is -0.388 e. The summed E-state index contributed by atoms with van der Waals surface area (Å²) in [5.41, 5.74) is 5.36. The molecule has 3 N–H and O–H groups in total. The topological polar surface area (TPSA) is 56.4 Å². The summed E-state index contributed by atoms with van der Waals surface area (Å²) in [6.45, 7) is 6.17. The standard InChI is InChI=1S/C14H28N4/c15-14(16)7-3-4-8-17-9-11-18(12-10-17)13-5-1-2-6-13/h13H,1-12H2,(H3,15,16). The molecular formula is C14H28N4. The van der Waals surface area contributed by atoms with E-state index < -0.39 is 0 Å². The van der Waals surface area contributed by atoms with Gasteiger partial charge in [0.15, 0.2) is 0 Å². The lowest BCUT2D eigenvalue weighted by Crippen LogP contribution is -2.49. The van der Waals surface area contributed by atoms with Crippen LogP contribution < -0.4 is 5.73 Å². The molecule has 18 heavy (non-hydrogen) atoms. The van der Waals surface area contributed by atoms with Crippen LogP contribution in [0.25, 0.3) is 0 Å². The van der Waals surface area contributed by atoms with Gasteiger partial charge in [0.25, 0.3) is 0 Å². The Morgan fingerprint density at radius 1 is 1.06 bits per heavy atom. The Morgan fingerprint density at radius 3 is 2.33 bits per heavy atom. The first-order valence-electron chi connectivity index (χ1n) is 7.55. The summed E-state index contributed by atoms with van der Waals surface area (Å²) >= 11 is 0. The molecule has 0 spiro atoms. The van der Waals surface area contributed by atoms with E-state index in [1.165, 1.54) is 64.8 Å². The van der Waals surface area contributed by atoms with Gasteiger partial charge in [0.05, 0.1) is 5.84 Å². The van der Waals surface area contributed by atoms with Crippen LogP contribution in [0.1, 0.15) is 44.9 Å². The van der Waals surface area contributed by atoms with E-state index in [1.54, 1.807) is 0 Å². The van der Waals surface area contributed by atoms with E-state index >= 15 is 0 Å². The summed E-state index contributed by atoms with van der Waals surface area (Å²) in [5.74, 6) is 0.334. The van der Waals surface area contributed by atoms with Crippen LogP contribution >= 0.6 is 0 Å². The number of rotatable bonds is 6. The molecule has 0 aromatic carbocycles. The van der Waals surface area contributed by atoms with Crippen LogP contribution in [0.5, 0.6) is 0 Å². The minimum atomic E-state index is 0.334. The lowest BCUT2D eigenvalue weighted by Gasteiger charge is -2.38. The Morgan fingerprint density at radius 2 is 1.72 bits per heavy atom. The van der Waals surface area contributed by atoms with E-state index in [9.17, 15) is 0 Å². The first kappa shape index (κ1) is 13.8. The van der Waals surface area contributed by atoms with Crippen molar-refractivity contribution in [1.82, 2.24) is 9.80 Å². The fraction of sp³-hybridized carbons (Fsp3) is 0.929. The third-order valence-corrected chi connectivity index (χ3v) is 4.42. The van der Waals surface area contributed by atoms with E-state index in [0.29, 0.717) is 5.84 Å². The number of piperazine rings is 1. The highest BCUT2D eigenvalue weighted by Gasteiger charge is 2.25. The van der Waals surface area contributed by atoms with E-state index in [0.717, 1.165) is 18.9 Å². The lowest BCUT2D eigenvalue weighted by atomic mass is 10.1. The minimum absolute atomic E-state index is 0.334. The van der Waals surface area contributed by atoms with Crippen molar-refractivity contribution >= 4 is 5.84 Å². The van der Waals surface area contributed by atoms with Crippen LogP contribution in [0, 0.1) is 5.41 Å². The summed E-state index contributed by atoms with van der Waals surface area (Å²) in [4.78, 5) is 5.28. The van der Waals surface area contributed by atoms with Gasteiger partial charge in [0, 0.05) is 38.6 Å². The quantitative estimate of drug-likeness (QED) is 0.429. The van der Waals surface area contributed by atoms with E-state index in [2.05, 4.69) is 9.80 Å². The molecule has 0 aromatic heterocycles. The molecule has 2 fully saturated rings. The fourth-order valence-corrected chi connectivity index (χ4v) is 3.27. The fourth-order valence-electron chi connectivity index (χ4n) is 3.27. The van der Waals surface area contributed by atoms with Gasteiger partial charge in [0.2, 0.25) is 0 Å². The van der Waals surface area contributed by atoms with Crippen LogP contribution in [-0.2, 0) is 0 Å². The number of hydrogen-bond acceptors (Lipinski definition) is 3. The average molecular weight is 252 g/mol. The summed E-state index contributed by atoms with van der Waals surface area (Å²) in [5, 5.41) is 7.20. The third kappa shape index (κ3) is 4.25. The van der Waals surface area contributed by atoms with Crippen LogP contribution in [0.4, 0.5) is 0 Å². The van der Waals surface area contributed by atoms with Gasteiger partial charge in [-0.15, -0.1) is 0 Å². The number of unbranched alkanes of at least 4 members (excludes halogenated alkanes) is 1. The first-order chi connectivity index (χ1) is 8.75. The highest BCUT2D eigenvalue weighted by atomic mass is 15.3. The van der Waals surface area contributed by atoms with Gasteiger partial charge in [-0.25, -0.2) is 0 Å². The molecule has 0 bridgehead atoms. The zero-order valence-corrected chi connectivity index (χ0v) is 11.5. The molecule has 0 atom stereocenters. The van der Waals surface area contributed by atoms with Crippen LogP contribution in [0.3, 0.4) is 0 Å². The summed E-state index contributed by atoms with van der Waals surface area (Å²) < 4.78 is 0. The van der Waals surface area contributed by atoms with Crippen molar-refractivity contribution in [3.63, 3.8) is 0 Å². The number of amidine groups is 1. The molecule has 4 nitrogen and oxygen atoms in total. The second-order valence-electron chi connectivity index (χ2n) is 5.80. The molecule has 4 heteroatoms. The Hall–Kier alpha value is -0.610. The molecule has 104 valence electrons. The van der Waals surface area contributed by atoms with Crippen molar-refractivity contribution in [1.29, 1.82) is 5.41 Å². The third-order valence-electron chi connectivity index (χ3n) is 4.42. The molecule has 0 amide bonds. The van der Waals surface area contributed by atoms with Crippen LogP contribution in [-0.4, -0.2) is 54.4 Å². The lowest BCUT2D eigenvalue weighted by molar-refractivity contribution is 0.0969. The van der Waals surface area contributed by atoms with Crippen molar-refractivity contribution in [3.05, 3.63) is 0 Å². The molecule has 1 aliphatic carbocycles. The van der Waals surface area contributed by atoms with Gasteiger partial charge in [-0.05, 0) is 32.2 Å². The number of hydrogen-bond donors (Lipinski definition) is 2. The van der Waals surface area contributed by atoms with Gasteiger partial charge in [-0.2, -0.15) is 0 Å². The molecule has 0 aromatic rings. The maximum absolute atomic E-state index is 7.20. The summed E-state index contributed by atoms with van der Waals surface area (Å²) in [7, 11) is 0. The second kappa shape index (κ2) is 7.10. The molecule has 0 radical (unpaired) electrons. The molecule has 1 saturated carbocycles. The van der Waals surface area contributed by atoms with E-state index in [-0.39, 0.29) is 0 Å². The molecule has 2 aliphatic rings. The maximum atomic E-state index is 7.20. The molecule has 1 heterocycles. The zero-order valence-electron chi connectivity index (χ0n) is 11.5. The number of nitrogens with two attached hydrogens (primary N) is 1. The normalized spacial score (nSPS) is 23.6. The molecular weight excluding hydrogens is 224 g/mol. The number of nitrogens with one attached hydrogen (secondary N) is 1. The SMILES string of the molecule is N=C(N)CCCCN1CCN(C2CCCC2)CC1. The molecule has 1 saturated heterocycles. The van der Waals surface area contributed by atoms with Gasteiger partial charge in [0.1, 0.15) is 0 Å². The molecule has 1 aliphatic heterocycles. The monoisotopic (exact) mass is 252 g/mol. The Kier molecular flexibility index (Phi) is 5.45. The molecule has 2 rings (SSSR count).